The number of hydrogen-bond donors (Lipinski definition) is 1. The van der Waals surface area contributed by atoms with Crippen molar-refractivity contribution in [2.45, 2.75) is 33.4 Å². The lowest BCUT2D eigenvalue weighted by atomic mass is 10.1. The number of aryl methyl sites for hydroxylation is 4. The molecule has 1 N–H and O–H groups in total. The molecule has 0 atom stereocenters. The van der Waals surface area contributed by atoms with E-state index in [1.54, 1.807) is 11.8 Å². The zero-order valence-electron chi connectivity index (χ0n) is 14.6. The Morgan fingerprint density at radius 1 is 1.29 bits per heavy atom. The summed E-state index contributed by atoms with van der Waals surface area (Å²) in [4.78, 5) is 11.8. The lowest BCUT2D eigenvalue weighted by Gasteiger charge is -2.10. The molecule has 1 heterocycles. The molecule has 2 aromatic rings. The van der Waals surface area contributed by atoms with Crippen LogP contribution in [-0.2, 0) is 10.5 Å². The highest BCUT2D eigenvalue weighted by atomic mass is 32.2. The number of nitrogens with one attached hydrogen (secondary N) is 1. The average molecular weight is 348 g/mol. The van der Waals surface area contributed by atoms with Crippen molar-refractivity contribution in [2.75, 3.05) is 18.9 Å². The van der Waals surface area contributed by atoms with Crippen molar-refractivity contribution in [1.29, 1.82) is 0 Å². The van der Waals surface area contributed by atoms with Gasteiger partial charge in [-0.05, 0) is 39.3 Å². The maximum Gasteiger partial charge on any atom is 0.230 e. The molecule has 5 nitrogen and oxygen atoms in total. The monoisotopic (exact) mass is 348 g/mol. The summed E-state index contributed by atoms with van der Waals surface area (Å²) in [6.07, 6.45) is 0. The molecule has 0 radical (unpaired) electrons. The maximum absolute atomic E-state index is 11.8. The van der Waals surface area contributed by atoms with Crippen molar-refractivity contribution in [3.63, 3.8) is 0 Å². The van der Waals surface area contributed by atoms with Crippen molar-refractivity contribution in [1.82, 2.24) is 10.5 Å². The van der Waals surface area contributed by atoms with Crippen LogP contribution < -0.4 is 10.1 Å². The van der Waals surface area contributed by atoms with Crippen molar-refractivity contribution >= 4 is 17.7 Å². The second kappa shape index (κ2) is 8.78. The Morgan fingerprint density at radius 2 is 2.08 bits per heavy atom. The number of thioether (sulfide) groups is 1. The molecule has 2 rings (SSSR count). The van der Waals surface area contributed by atoms with E-state index in [-0.39, 0.29) is 5.91 Å². The summed E-state index contributed by atoms with van der Waals surface area (Å²) < 4.78 is 10.8. The molecular formula is C18H24N2O3S. The number of carbonyl (C=O) groups is 1. The standard InChI is InChI=1S/C18H24N2O3S/c1-12-5-6-17(13(2)9-12)22-8-7-19-18(21)11-24-10-16-14(3)20-23-15(16)4/h5-6,9H,7-8,10-11H2,1-4H3,(H,19,21). The fourth-order valence-corrected chi connectivity index (χ4v) is 3.32. The molecule has 1 amide bonds. The van der Waals surface area contributed by atoms with E-state index in [1.807, 2.05) is 32.9 Å². The Kier molecular flexibility index (Phi) is 6.73. The first kappa shape index (κ1) is 18.4. The third kappa shape index (κ3) is 5.30. The van der Waals surface area contributed by atoms with Gasteiger partial charge in [0, 0.05) is 11.3 Å². The molecule has 130 valence electrons. The van der Waals surface area contributed by atoms with Crippen LogP contribution in [0.15, 0.2) is 22.7 Å². The van der Waals surface area contributed by atoms with E-state index in [2.05, 4.69) is 23.5 Å². The molecule has 1 aromatic carbocycles. The van der Waals surface area contributed by atoms with Crippen LogP contribution in [0.1, 0.15) is 28.1 Å². The molecule has 0 saturated carbocycles. The molecule has 0 saturated heterocycles. The molecule has 0 spiro atoms. The summed E-state index contributed by atoms with van der Waals surface area (Å²) in [7, 11) is 0. The van der Waals surface area contributed by atoms with Crippen molar-refractivity contribution < 1.29 is 14.1 Å². The van der Waals surface area contributed by atoms with Crippen LogP contribution in [0.5, 0.6) is 5.75 Å². The number of benzene rings is 1. The predicted octanol–water partition coefficient (Wildman–Crippen LogP) is 3.34. The van der Waals surface area contributed by atoms with Crippen LogP contribution in [0.3, 0.4) is 0 Å². The minimum absolute atomic E-state index is 0.0102. The highest BCUT2D eigenvalue weighted by molar-refractivity contribution is 7.99. The van der Waals surface area contributed by atoms with E-state index in [0.29, 0.717) is 18.9 Å². The van der Waals surface area contributed by atoms with Gasteiger partial charge in [-0.25, -0.2) is 0 Å². The number of carbonyl (C=O) groups excluding carboxylic acids is 1. The van der Waals surface area contributed by atoms with Gasteiger partial charge in [-0.2, -0.15) is 0 Å². The van der Waals surface area contributed by atoms with Crippen molar-refractivity contribution in [3.05, 3.63) is 46.3 Å². The van der Waals surface area contributed by atoms with E-state index in [0.717, 1.165) is 34.1 Å². The number of ether oxygens (including phenoxy) is 1. The Morgan fingerprint density at radius 3 is 2.75 bits per heavy atom. The summed E-state index contributed by atoms with van der Waals surface area (Å²) in [6.45, 7) is 8.84. The first-order chi connectivity index (χ1) is 11.5. The van der Waals surface area contributed by atoms with Crippen LogP contribution >= 0.6 is 11.8 Å². The smallest absolute Gasteiger partial charge is 0.230 e. The predicted molar refractivity (Wildman–Crippen MR) is 96.6 cm³/mol. The lowest BCUT2D eigenvalue weighted by molar-refractivity contribution is -0.118. The SMILES string of the molecule is Cc1ccc(OCCNC(=O)CSCc2c(C)noc2C)c(C)c1. The number of rotatable bonds is 8. The first-order valence-electron chi connectivity index (χ1n) is 7.93. The van der Waals surface area contributed by atoms with Gasteiger partial charge in [0.05, 0.1) is 18.0 Å². The topological polar surface area (TPSA) is 64.4 Å². The summed E-state index contributed by atoms with van der Waals surface area (Å²) >= 11 is 1.55. The third-order valence-corrected chi connectivity index (χ3v) is 4.63. The van der Waals surface area contributed by atoms with E-state index >= 15 is 0 Å². The van der Waals surface area contributed by atoms with Crippen LogP contribution in [0.2, 0.25) is 0 Å². The van der Waals surface area contributed by atoms with Gasteiger partial charge in [0.2, 0.25) is 5.91 Å². The third-order valence-electron chi connectivity index (χ3n) is 3.67. The largest absolute Gasteiger partial charge is 0.491 e. The molecule has 6 heteroatoms. The molecular weight excluding hydrogens is 324 g/mol. The number of hydrogen-bond acceptors (Lipinski definition) is 5. The lowest BCUT2D eigenvalue weighted by Crippen LogP contribution is -2.29. The molecule has 24 heavy (non-hydrogen) atoms. The van der Waals surface area contributed by atoms with Gasteiger partial charge in [-0.15, -0.1) is 11.8 Å². The zero-order chi connectivity index (χ0) is 17.5. The Balaban J connectivity index is 1.63. The second-order valence-electron chi connectivity index (χ2n) is 5.76. The summed E-state index contributed by atoms with van der Waals surface area (Å²) in [6, 6.07) is 6.07. The number of amides is 1. The van der Waals surface area contributed by atoms with Crippen LogP contribution in [0.4, 0.5) is 0 Å². The molecule has 0 aliphatic heterocycles. The molecule has 0 aliphatic carbocycles. The number of aromatic nitrogens is 1. The fraction of sp³-hybridized carbons (Fsp3) is 0.444. The van der Waals surface area contributed by atoms with E-state index < -0.39 is 0 Å². The number of nitrogens with zero attached hydrogens (tertiary/aromatic N) is 1. The molecule has 1 aromatic heterocycles. The van der Waals surface area contributed by atoms with Crippen LogP contribution in [0, 0.1) is 27.7 Å². The van der Waals surface area contributed by atoms with Gasteiger partial charge in [0.1, 0.15) is 18.1 Å². The fourth-order valence-electron chi connectivity index (χ4n) is 2.32. The zero-order valence-corrected chi connectivity index (χ0v) is 15.5. The first-order valence-corrected chi connectivity index (χ1v) is 9.09. The summed E-state index contributed by atoms with van der Waals surface area (Å²) in [5.74, 6) is 2.84. The van der Waals surface area contributed by atoms with Gasteiger partial charge >= 0.3 is 0 Å². The van der Waals surface area contributed by atoms with Gasteiger partial charge in [-0.1, -0.05) is 22.9 Å². The molecule has 0 fully saturated rings. The molecule has 0 bridgehead atoms. The highest BCUT2D eigenvalue weighted by Crippen LogP contribution is 2.19. The summed E-state index contributed by atoms with van der Waals surface area (Å²) in [5, 5.41) is 6.78. The molecule has 0 aliphatic rings. The molecule has 0 unspecified atom stereocenters. The Bertz CT molecular complexity index is 678. The van der Waals surface area contributed by atoms with Gasteiger partial charge in [0.15, 0.2) is 0 Å². The van der Waals surface area contributed by atoms with E-state index in [4.69, 9.17) is 9.26 Å². The normalized spacial score (nSPS) is 10.7. The summed E-state index contributed by atoms with van der Waals surface area (Å²) in [5.41, 5.74) is 4.29. The Labute approximate surface area is 147 Å². The highest BCUT2D eigenvalue weighted by Gasteiger charge is 2.10. The average Bonchev–Trinajstić information content (AvgIpc) is 2.85. The van der Waals surface area contributed by atoms with Gasteiger partial charge in [-0.3, -0.25) is 4.79 Å². The minimum atomic E-state index is 0.0102. The van der Waals surface area contributed by atoms with Gasteiger partial charge in [0.25, 0.3) is 0 Å². The minimum Gasteiger partial charge on any atom is -0.491 e. The van der Waals surface area contributed by atoms with Crippen LogP contribution in [-0.4, -0.2) is 30.0 Å². The maximum atomic E-state index is 11.8. The second-order valence-corrected chi connectivity index (χ2v) is 6.75. The Hall–Kier alpha value is -1.95. The van der Waals surface area contributed by atoms with Gasteiger partial charge < -0.3 is 14.6 Å². The van der Waals surface area contributed by atoms with Crippen molar-refractivity contribution in [2.24, 2.45) is 0 Å². The quantitative estimate of drug-likeness (QED) is 0.741. The van der Waals surface area contributed by atoms with E-state index in [9.17, 15) is 4.79 Å². The van der Waals surface area contributed by atoms with Crippen LogP contribution in [0.25, 0.3) is 0 Å². The van der Waals surface area contributed by atoms with Crippen molar-refractivity contribution in [3.8, 4) is 5.75 Å². The van der Waals surface area contributed by atoms with E-state index in [1.165, 1.54) is 5.56 Å².